The summed E-state index contributed by atoms with van der Waals surface area (Å²) in [4.78, 5) is 50.3. The molecule has 35 heavy (non-hydrogen) atoms. The number of hydrogen-bond acceptors (Lipinski definition) is 7. The zero-order chi connectivity index (χ0) is 24.9. The van der Waals surface area contributed by atoms with Crippen LogP contribution in [0.3, 0.4) is 0 Å². The third-order valence-corrected chi connectivity index (χ3v) is 5.58. The standard InChI is InChI=1S/C25H25N7O3/c1-3-32-24(26)18(13-21(33)27-2)23(35)17-9-10-19(30-25(17)32)15-7-8-16(29-14-15)12-22(34)31-20-6-4-5-11-28-20/h4-11,14H,3,12-13,26H2,1-2H3,(H,27,33)(H,28,31,34). The molecule has 4 rings (SSSR count). The fourth-order valence-corrected chi connectivity index (χ4v) is 3.76. The Morgan fingerprint density at radius 1 is 1.03 bits per heavy atom. The summed E-state index contributed by atoms with van der Waals surface area (Å²) >= 11 is 0. The molecule has 0 atom stereocenters. The summed E-state index contributed by atoms with van der Waals surface area (Å²) in [6, 6.07) is 12.3. The number of aryl methyl sites for hydroxylation is 1. The number of nitrogens with zero attached hydrogens (tertiary/aromatic N) is 4. The van der Waals surface area contributed by atoms with Crippen molar-refractivity contribution < 1.29 is 9.59 Å². The van der Waals surface area contributed by atoms with Crippen molar-refractivity contribution in [2.75, 3.05) is 18.1 Å². The molecule has 0 radical (unpaired) electrons. The van der Waals surface area contributed by atoms with E-state index in [4.69, 9.17) is 5.73 Å². The van der Waals surface area contributed by atoms with Crippen molar-refractivity contribution in [2.45, 2.75) is 26.3 Å². The molecule has 4 N–H and O–H groups in total. The Labute approximate surface area is 201 Å². The molecule has 0 aromatic carbocycles. The summed E-state index contributed by atoms with van der Waals surface area (Å²) in [7, 11) is 1.51. The van der Waals surface area contributed by atoms with Gasteiger partial charge >= 0.3 is 0 Å². The van der Waals surface area contributed by atoms with E-state index >= 15 is 0 Å². The van der Waals surface area contributed by atoms with Gasteiger partial charge in [-0.2, -0.15) is 0 Å². The van der Waals surface area contributed by atoms with Crippen LogP contribution in [-0.4, -0.2) is 38.4 Å². The van der Waals surface area contributed by atoms with Crippen LogP contribution in [0.1, 0.15) is 18.2 Å². The van der Waals surface area contributed by atoms with E-state index in [2.05, 4.69) is 25.6 Å². The van der Waals surface area contributed by atoms with Crippen LogP contribution in [0.15, 0.2) is 59.7 Å². The van der Waals surface area contributed by atoms with E-state index < -0.39 is 0 Å². The summed E-state index contributed by atoms with van der Waals surface area (Å²) in [5.41, 5.74) is 8.57. The third-order valence-electron chi connectivity index (χ3n) is 5.58. The largest absolute Gasteiger partial charge is 0.385 e. The van der Waals surface area contributed by atoms with Crippen molar-refractivity contribution in [1.82, 2.24) is 24.8 Å². The first kappa shape index (κ1) is 23.6. The summed E-state index contributed by atoms with van der Waals surface area (Å²) in [5, 5.41) is 5.64. The van der Waals surface area contributed by atoms with E-state index in [0.29, 0.717) is 34.8 Å². The number of carbonyl (C=O) groups is 2. The van der Waals surface area contributed by atoms with Gasteiger partial charge in [0.25, 0.3) is 0 Å². The number of fused-ring (bicyclic) bond motifs is 1. The van der Waals surface area contributed by atoms with Crippen LogP contribution in [0.25, 0.3) is 22.3 Å². The highest BCUT2D eigenvalue weighted by atomic mass is 16.2. The predicted molar refractivity (Wildman–Crippen MR) is 134 cm³/mol. The summed E-state index contributed by atoms with van der Waals surface area (Å²) in [6.07, 6.45) is 3.24. The molecule has 0 fully saturated rings. The number of amides is 2. The highest BCUT2D eigenvalue weighted by Gasteiger charge is 2.18. The first-order chi connectivity index (χ1) is 16.9. The first-order valence-electron chi connectivity index (χ1n) is 11.1. The van der Waals surface area contributed by atoms with E-state index in [0.717, 1.165) is 5.56 Å². The van der Waals surface area contributed by atoms with Crippen molar-refractivity contribution in [1.29, 1.82) is 0 Å². The molecule has 10 heteroatoms. The van der Waals surface area contributed by atoms with Crippen LogP contribution < -0.4 is 21.8 Å². The molecule has 0 aliphatic rings. The number of aromatic nitrogens is 4. The Balaban J connectivity index is 1.61. The third kappa shape index (κ3) is 5.01. The van der Waals surface area contributed by atoms with Crippen molar-refractivity contribution >= 4 is 34.5 Å². The Bertz CT molecular complexity index is 1450. The lowest BCUT2D eigenvalue weighted by atomic mass is 10.1. The summed E-state index contributed by atoms with van der Waals surface area (Å²) in [6.45, 7) is 2.37. The van der Waals surface area contributed by atoms with Gasteiger partial charge in [0.1, 0.15) is 17.3 Å². The molecule has 4 aromatic rings. The molecule has 0 saturated heterocycles. The smallest absolute Gasteiger partial charge is 0.231 e. The number of nitrogen functional groups attached to an aromatic ring is 1. The number of likely N-dealkylation sites (N-methyl/N-ethyl adjacent to an activating group) is 1. The van der Waals surface area contributed by atoms with Crippen molar-refractivity contribution in [3.05, 3.63) is 76.3 Å². The number of pyridine rings is 4. The van der Waals surface area contributed by atoms with Crippen LogP contribution in [-0.2, 0) is 29.0 Å². The van der Waals surface area contributed by atoms with E-state index in [9.17, 15) is 14.4 Å². The van der Waals surface area contributed by atoms with Gasteiger partial charge in [-0.1, -0.05) is 6.07 Å². The van der Waals surface area contributed by atoms with Crippen LogP contribution in [0.5, 0.6) is 0 Å². The molecule has 4 aromatic heterocycles. The van der Waals surface area contributed by atoms with E-state index in [1.807, 2.05) is 13.0 Å². The van der Waals surface area contributed by atoms with Gasteiger partial charge in [-0.05, 0) is 43.3 Å². The monoisotopic (exact) mass is 471 g/mol. The highest BCUT2D eigenvalue weighted by Crippen LogP contribution is 2.23. The summed E-state index contributed by atoms with van der Waals surface area (Å²) in [5.74, 6) is 0.197. The van der Waals surface area contributed by atoms with Gasteiger partial charge in [0, 0.05) is 42.8 Å². The number of nitrogens with two attached hydrogens (primary N) is 1. The number of nitrogens with one attached hydrogen (secondary N) is 2. The normalized spacial score (nSPS) is 10.8. The molecule has 0 unspecified atom stereocenters. The topological polar surface area (TPSA) is 145 Å². The number of carbonyl (C=O) groups excluding carboxylic acids is 2. The zero-order valence-electron chi connectivity index (χ0n) is 19.4. The van der Waals surface area contributed by atoms with E-state index in [1.54, 1.807) is 53.4 Å². The zero-order valence-corrected chi connectivity index (χ0v) is 19.4. The molecular weight excluding hydrogens is 446 g/mol. The van der Waals surface area contributed by atoms with Gasteiger partial charge < -0.3 is 20.9 Å². The molecular formula is C25H25N7O3. The second-order valence-electron chi connectivity index (χ2n) is 7.83. The van der Waals surface area contributed by atoms with E-state index in [1.165, 1.54) is 7.05 Å². The maximum absolute atomic E-state index is 13.0. The molecule has 2 amide bonds. The number of anilines is 2. The van der Waals surface area contributed by atoms with Crippen LogP contribution in [0.2, 0.25) is 0 Å². The lowest BCUT2D eigenvalue weighted by Gasteiger charge is -2.16. The fraction of sp³-hybridized carbons (Fsp3) is 0.200. The fourth-order valence-electron chi connectivity index (χ4n) is 3.76. The maximum atomic E-state index is 13.0. The quantitative estimate of drug-likeness (QED) is 0.373. The molecule has 0 bridgehead atoms. The maximum Gasteiger partial charge on any atom is 0.231 e. The van der Waals surface area contributed by atoms with Gasteiger partial charge in [0.05, 0.1) is 23.9 Å². The molecule has 0 aliphatic heterocycles. The summed E-state index contributed by atoms with van der Waals surface area (Å²) < 4.78 is 1.72. The Kier molecular flexibility index (Phi) is 6.81. The van der Waals surface area contributed by atoms with Crippen LogP contribution in [0, 0.1) is 0 Å². The van der Waals surface area contributed by atoms with E-state index in [-0.39, 0.29) is 41.5 Å². The highest BCUT2D eigenvalue weighted by molar-refractivity contribution is 5.91. The van der Waals surface area contributed by atoms with Crippen molar-refractivity contribution in [3.63, 3.8) is 0 Å². The lowest BCUT2D eigenvalue weighted by molar-refractivity contribution is -0.120. The minimum atomic E-state index is -0.308. The van der Waals surface area contributed by atoms with Gasteiger partial charge in [-0.3, -0.25) is 19.4 Å². The predicted octanol–water partition coefficient (Wildman–Crippen LogP) is 1.93. The minimum Gasteiger partial charge on any atom is -0.385 e. The van der Waals surface area contributed by atoms with Crippen LogP contribution in [0.4, 0.5) is 11.6 Å². The first-order valence-corrected chi connectivity index (χ1v) is 11.1. The molecule has 0 aliphatic carbocycles. The lowest BCUT2D eigenvalue weighted by Crippen LogP contribution is -2.27. The second-order valence-corrected chi connectivity index (χ2v) is 7.83. The average Bonchev–Trinajstić information content (AvgIpc) is 2.87. The average molecular weight is 472 g/mol. The van der Waals surface area contributed by atoms with Crippen molar-refractivity contribution in [3.8, 4) is 11.3 Å². The molecule has 4 heterocycles. The Hall–Kier alpha value is -4.60. The van der Waals surface area contributed by atoms with Gasteiger partial charge in [0.15, 0.2) is 5.43 Å². The number of rotatable bonds is 7. The van der Waals surface area contributed by atoms with Gasteiger partial charge in [-0.25, -0.2) is 9.97 Å². The van der Waals surface area contributed by atoms with Crippen molar-refractivity contribution in [2.24, 2.45) is 0 Å². The molecule has 0 spiro atoms. The second kappa shape index (κ2) is 10.1. The SMILES string of the molecule is CCn1c(N)c(CC(=O)NC)c(=O)c2ccc(-c3ccc(CC(=O)Nc4ccccn4)nc3)nc21. The molecule has 0 saturated carbocycles. The Morgan fingerprint density at radius 3 is 2.51 bits per heavy atom. The number of hydrogen-bond donors (Lipinski definition) is 3. The molecule has 10 nitrogen and oxygen atoms in total. The van der Waals surface area contributed by atoms with Crippen LogP contribution >= 0.6 is 0 Å². The minimum absolute atomic E-state index is 0.0991. The Morgan fingerprint density at radius 2 is 1.86 bits per heavy atom. The molecule has 178 valence electrons. The van der Waals surface area contributed by atoms with Gasteiger partial charge in [0.2, 0.25) is 11.8 Å². The van der Waals surface area contributed by atoms with Gasteiger partial charge in [-0.15, -0.1) is 0 Å².